The van der Waals surface area contributed by atoms with Crippen molar-refractivity contribution >= 4 is 0 Å². The third-order valence-electron chi connectivity index (χ3n) is 0.872. The summed E-state index contributed by atoms with van der Waals surface area (Å²) in [5.74, 6) is 0. The minimum Gasteiger partial charge on any atom is -0.328 e. The molecule has 10 heavy (non-hydrogen) atoms. The maximum absolute atomic E-state index is 7.74. The number of nitrogens with two attached hydrogens (primary N) is 1. The van der Waals surface area contributed by atoms with Crippen molar-refractivity contribution in [1.82, 2.24) is 0 Å². The summed E-state index contributed by atoms with van der Waals surface area (Å²) in [5.41, 5.74) is 5.08. The molecular weight excluding hydrogens is 122 g/mol. The normalized spacial score (nSPS) is 24.4. The molecule has 0 bridgehead atoms. The van der Waals surface area contributed by atoms with Crippen molar-refractivity contribution < 1.29 is 9.60 Å². The summed E-state index contributed by atoms with van der Waals surface area (Å²) in [7, 11) is 0. The molecule has 0 fully saturated rings. The van der Waals surface area contributed by atoms with Crippen molar-refractivity contribution in [2.75, 3.05) is 0 Å². The van der Waals surface area contributed by atoms with Gasteiger partial charge in [0.1, 0.15) is 0 Å². The lowest BCUT2D eigenvalue weighted by atomic mass is 10.1. The van der Waals surface area contributed by atoms with Gasteiger partial charge in [0.15, 0.2) is 0 Å². The molecule has 1 nitrogen and oxygen atoms in total. The minimum absolute atomic E-state index is 0.390. The van der Waals surface area contributed by atoms with Gasteiger partial charge in [0, 0.05) is 8.78 Å². The predicted octanol–water partition coefficient (Wildman–Crippen LogP) is 1.58. The molecule has 54 valence electrons. The Bertz CT molecular complexity index is 426. The topological polar surface area (TPSA) is 26.0 Å². The van der Waals surface area contributed by atoms with Gasteiger partial charge in [-0.2, -0.15) is 0 Å². The van der Waals surface area contributed by atoms with Gasteiger partial charge in [0.2, 0.25) is 0 Å². The van der Waals surface area contributed by atoms with Gasteiger partial charge in [-0.25, -0.2) is 0 Å². The Morgan fingerprint density at radius 1 is 1.60 bits per heavy atom. The molecule has 0 aliphatic rings. The summed E-state index contributed by atoms with van der Waals surface area (Å²) in [6.45, 7) is 1.39. The molecule has 1 aromatic rings. The van der Waals surface area contributed by atoms with Gasteiger partial charge in [-0.15, -0.1) is 0 Å². The molecule has 0 aromatic heterocycles. The fraction of sp³-hybridized carbons (Fsp3) is 0.333. The highest BCUT2D eigenvalue weighted by Gasteiger charge is 1.94. The first-order valence-electron chi connectivity index (χ1n) is 6.45. The fourth-order valence-electron chi connectivity index (χ4n) is 0.550. The Balaban J connectivity index is 3.66. The molecular formula is C9H13N. The quantitative estimate of drug-likeness (QED) is 0.666. The summed E-state index contributed by atoms with van der Waals surface area (Å²) < 4.78 is 53.0. The third-order valence-corrected chi connectivity index (χ3v) is 0.872. The van der Waals surface area contributed by atoms with Crippen LogP contribution in [0.15, 0.2) is 30.2 Å². The second-order valence-electron chi connectivity index (χ2n) is 1.93. The first-order chi connectivity index (χ1) is 7.62. The lowest BCUT2D eigenvalue weighted by molar-refractivity contribution is 0.738. The number of hydrogen-bond donors (Lipinski definition) is 1. The van der Waals surface area contributed by atoms with Crippen LogP contribution in [0, 0.1) is 0 Å². The van der Waals surface area contributed by atoms with Crippen LogP contribution in [0.1, 0.15) is 22.1 Å². The lowest BCUT2D eigenvalue weighted by Crippen LogP contribution is -2.17. The van der Waals surface area contributed by atoms with Gasteiger partial charge in [0.25, 0.3) is 0 Å². The smallest absolute Gasteiger partial charge is 0.0626 e. The van der Waals surface area contributed by atoms with E-state index in [9.17, 15) is 0 Å². The molecule has 0 amide bonds. The van der Waals surface area contributed by atoms with Crippen LogP contribution in [0.25, 0.3) is 0 Å². The van der Waals surface area contributed by atoms with Crippen LogP contribution >= 0.6 is 0 Å². The minimum atomic E-state index is -2.17. The molecule has 1 heteroatoms. The van der Waals surface area contributed by atoms with Crippen molar-refractivity contribution in [2.24, 2.45) is 5.73 Å². The molecule has 0 radical (unpaired) electrons. The van der Waals surface area contributed by atoms with E-state index in [1.165, 1.54) is 6.92 Å². The van der Waals surface area contributed by atoms with Gasteiger partial charge in [0.05, 0.1) is 6.85 Å². The standard InChI is InChI=1S/C9H13N/c1-8(10)7-9-5-3-2-4-6-9/h2-6,8H,7,10H2,1H3/i2D,3D,4D,5D,6D,7D2. The van der Waals surface area contributed by atoms with Gasteiger partial charge in [-0.3, -0.25) is 0 Å². The highest BCUT2D eigenvalue weighted by Crippen LogP contribution is 2.00. The lowest BCUT2D eigenvalue weighted by Gasteiger charge is -2.02. The van der Waals surface area contributed by atoms with Crippen LogP contribution < -0.4 is 5.73 Å². The average molecular weight is 142 g/mol. The van der Waals surface area contributed by atoms with Crippen molar-refractivity contribution in [3.63, 3.8) is 0 Å². The molecule has 1 atom stereocenters. The molecule has 0 spiro atoms. The molecule has 0 aliphatic carbocycles. The first kappa shape index (κ1) is 2.35. The Morgan fingerprint density at radius 3 is 2.70 bits per heavy atom. The van der Waals surface area contributed by atoms with E-state index >= 15 is 0 Å². The van der Waals surface area contributed by atoms with Gasteiger partial charge < -0.3 is 5.73 Å². The monoisotopic (exact) mass is 142 g/mol. The van der Waals surface area contributed by atoms with Crippen molar-refractivity contribution in [2.45, 2.75) is 19.3 Å². The van der Waals surface area contributed by atoms with Gasteiger partial charge in [-0.1, -0.05) is 30.2 Å². The number of hydrogen-bond acceptors (Lipinski definition) is 1. The highest BCUT2D eigenvalue weighted by molar-refractivity contribution is 5.15. The maximum Gasteiger partial charge on any atom is 0.0626 e. The summed E-state index contributed by atoms with van der Waals surface area (Å²) in [6, 6.07) is -3.71. The second kappa shape index (κ2) is 3.37. The fourth-order valence-corrected chi connectivity index (χ4v) is 0.550. The first-order valence-corrected chi connectivity index (χ1v) is 2.95. The Kier molecular flexibility index (Phi) is 0.792. The molecule has 0 saturated heterocycles. The van der Waals surface area contributed by atoms with Crippen LogP contribution in [0.5, 0.6) is 0 Å². The molecule has 0 saturated carbocycles. The van der Waals surface area contributed by atoms with Crippen LogP contribution in [0.4, 0.5) is 0 Å². The van der Waals surface area contributed by atoms with E-state index in [-0.39, 0.29) is 0 Å². The molecule has 0 heterocycles. The van der Waals surface area contributed by atoms with Crippen LogP contribution in [0.2, 0.25) is 0 Å². The van der Waals surface area contributed by atoms with E-state index in [0.717, 1.165) is 0 Å². The van der Waals surface area contributed by atoms with E-state index in [1.54, 1.807) is 0 Å². The Hall–Kier alpha value is -0.820. The van der Waals surface area contributed by atoms with Crippen molar-refractivity contribution in [1.29, 1.82) is 0 Å². The predicted molar refractivity (Wildman–Crippen MR) is 43.8 cm³/mol. The van der Waals surface area contributed by atoms with E-state index < -0.39 is 48.2 Å². The zero-order valence-electron chi connectivity index (χ0n) is 12.7. The van der Waals surface area contributed by atoms with E-state index in [2.05, 4.69) is 0 Å². The Labute approximate surface area is 71.7 Å². The van der Waals surface area contributed by atoms with Crippen LogP contribution in [-0.4, -0.2) is 6.04 Å². The molecule has 1 rings (SSSR count). The van der Waals surface area contributed by atoms with Crippen LogP contribution in [-0.2, 0) is 6.37 Å². The van der Waals surface area contributed by atoms with Crippen molar-refractivity contribution in [3.05, 3.63) is 35.8 Å². The average Bonchev–Trinajstić information content (AvgIpc) is 2.23. The van der Waals surface area contributed by atoms with Crippen LogP contribution in [0.3, 0.4) is 0 Å². The largest absolute Gasteiger partial charge is 0.328 e. The van der Waals surface area contributed by atoms with Gasteiger partial charge >= 0.3 is 0 Å². The third kappa shape index (κ3) is 2.19. The van der Waals surface area contributed by atoms with E-state index in [0.29, 0.717) is 0 Å². The molecule has 2 N–H and O–H groups in total. The second-order valence-corrected chi connectivity index (χ2v) is 1.93. The molecule has 0 aliphatic heterocycles. The summed E-state index contributed by atoms with van der Waals surface area (Å²) >= 11 is 0. The SMILES string of the molecule is [2H]c1c([2H])c([2H])c(C([2H])([2H])C(C)N)c([2H])c1[2H]. The van der Waals surface area contributed by atoms with E-state index in [1.807, 2.05) is 0 Å². The summed E-state index contributed by atoms with van der Waals surface area (Å²) in [6.07, 6.45) is -2.17. The number of benzene rings is 1. The van der Waals surface area contributed by atoms with Crippen molar-refractivity contribution in [3.8, 4) is 0 Å². The Morgan fingerprint density at radius 2 is 2.20 bits per heavy atom. The highest BCUT2D eigenvalue weighted by atomic mass is 14.6. The molecule has 1 unspecified atom stereocenters. The zero-order valence-corrected chi connectivity index (χ0v) is 5.65. The zero-order chi connectivity index (χ0) is 13.5. The summed E-state index contributed by atoms with van der Waals surface area (Å²) in [5, 5.41) is 0. The maximum atomic E-state index is 7.74. The molecule has 1 aromatic carbocycles. The van der Waals surface area contributed by atoms with Gasteiger partial charge in [-0.05, 0) is 18.9 Å². The summed E-state index contributed by atoms with van der Waals surface area (Å²) in [4.78, 5) is 0. The van der Waals surface area contributed by atoms with E-state index in [4.69, 9.17) is 15.3 Å². The number of rotatable bonds is 2.